The molecule has 0 unspecified atom stereocenters. The Kier molecular flexibility index (Phi) is 4.63. The lowest BCUT2D eigenvalue weighted by atomic mass is 10.1. The summed E-state index contributed by atoms with van der Waals surface area (Å²) < 4.78 is 5.58. The van der Waals surface area contributed by atoms with Gasteiger partial charge in [0.05, 0.1) is 23.9 Å². The Hall–Kier alpha value is -0.460. The van der Waals surface area contributed by atoms with Crippen LogP contribution in [0, 0.1) is 6.92 Å². The van der Waals surface area contributed by atoms with E-state index in [-0.39, 0.29) is 9.71 Å². The van der Waals surface area contributed by atoms with Crippen molar-refractivity contribution in [3.8, 4) is 0 Å². The van der Waals surface area contributed by atoms with Gasteiger partial charge >= 0.3 is 5.97 Å². The number of rotatable bonds is 2. The molecule has 0 aliphatic rings. The zero-order chi connectivity index (χ0) is 14.2. The fourth-order valence-corrected chi connectivity index (χ4v) is 2.96. The highest BCUT2D eigenvalue weighted by atomic mass is 79.9. The summed E-state index contributed by atoms with van der Waals surface area (Å²) in [5, 5.41) is 0.781. The van der Waals surface area contributed by atoms with Gasteiger partial charge < -0.3 is 4.74 Å². The van der Waals surface area contributed by atoms with Gasteiger partial charge in [0.2, 0.25) is 0 Å². The lowest BCUT2D eigenvalue weighted by Gasteiger charge is -2.11. The van der Waals surface area contributed by atoms with Crippen molar-refractivity contribution in [2.75, 3.05) is 7.11 Å². The molecule has 0 fully saturated rings. The number of carbonyl (C=O) groups excluding carboxylic acids is 1. The van der Waals surface area contributed by atoms with Crippen LogP contribution in [0.1, 0.15) is 25.4 Å². The first-order valence-electron chi connectivity index (χ1n) is 5.41. The van der Waals surface area contributed by atoms with Crippen molar-refractivity contribution >= 4 is 64.7 Å². The Morgan fingerprint density at radius 2 is 2.00 bits per heavy atom. The molecule has 0 aliphatic carbocycles. The van der Waals surface area contributed by atoms with Crippen LogP contribution >= 0.6 is 47.8 Å². The Labute approximate surface area is 136 Å². The van der Waals surface area contributed by atoms with Crippen LogP contribution < -0.4 is 0 Å². The van der Waals surface area contributed by atoms with Crippen molar-refractivity contribution in [2.24, 2.45) is 0 Å². The van der Waals surface area contributed by atoms with Crippen molar-refractivity contribution < 1.29 is 9.53 Å². The summed E-state index contributed by atoms with van der Waals surface area (Å²) in [5.74, 6) is -0.369. The number of alkyl halides is 2. The second kappa shape index (κ2) is 5.89. The molecule has 0 amide bonds. The average molecular weight is 452 g/mol. The summed E-state index contributed by atoms with van der Waals surface area (Å²) in [4.78, 5) is 16.5. The van der Waals surface area contributed by atoms with Crippen molar-refractivity contribution in [3.05, 3.63) is 39.5 Å². The van der Waals surface area contributed by atoms with Crippen molar-refractivity contribution in [1.29, 1.82) is 0 Å². The number of hydrogen-bond donors (Lipinski definition) is 0. The van der Waals surface area contributed by atoms with Gasteiger partial charge in [-0.05, 0) is 46.6 Å². The van der Waals surface area contributed by atoms with Gasteiger partial charge in [-0.25, -0.2) is 9.78 Å². The lowest BCUT2D eigenvalue weighted by Crippen LogP contribution is -2.05. The van der Waals surface area contributed by atoms with E-state index in [0.717, 1.165) is 26.6 Å². The molecule has 1 aromatic heterocycles. The number of aryl methyl sites for hydroxylation is 1. The van der Waals surface area contributed by atoms with Crippen LogP contribution in [0.2, 0.25) is 0 Å². The van der Waals surface area contributed by atoms with E-state index in [2.05, 4.69) is 52.8 Å². The predicted octanol–water partition coefficient (Wildman–Crippen LogP) is 4.88. The van der Waals surface area contributed by atoms with Crippen LogP contribution in [0.25, 0.3) is 10.9 Å². The Morgan fingerprint density at radius 1 is 1.32 bits per heavy atom. The molecule has 0 aliphatic heterocycles. The quantitative estimate of drug-likeness (QED) is 0.482. The molecular weight excluding hydrogens is 442 g/mol. The molecule has 0 atom stereocenters. The number of methoxy groups -OCH3 is 1. The number of esters is 1. The van der Waals surface area contributed by atoms with Crippen LogP contribution in [0.3, 0.4) is 0 Å². The van der Waals surface area contributed by atoms with E-state index in [4.69, 9.17) is 4.74 Å². The van der Waals surface area contributed by atoms with Gasteiger partial charge in [0, 0.05) is 9.86 Å². The van der Waals surface area contributed by atoms with E-state index in [1.54, 1.807) is 6.07 Å². The lowest BCUT2D eigenvalue weighted by molar-refractivity contribution is 0.0603. The minimum atomic E-state index is -0.369. The number of carbonyl (C=O) groups is 1. The molecule has 6 heteroatoms. The van der Waals surface area contributed by atoms with Gasteiger partial charge in [0.15, 0.2) is 0 Å². The van der Waals surface area contributed by atoms with Crippen molar-refractivity contribution in [2.45, 2.75) is 10.7 Å². The number of hydrogen-bond acceptors (Lipinski definition) is 3. The van der Waals surface area contributed by atoms with Crippen molar-refractivity contribution in [3.63, 3.8) is 0 Å². The van der Waals surface area contributed by atoms with Gasteiger partial charge in [-0.15, -0.1) is 0 Å². The van der Waals surface area contributed by atoms with Crippen LogP contribution in [0.5, 0.6) is 0 Å². The molecule has 0 saturated heterocycles. The second-order valence-electron chi connectivity index (χ2n) is 4.03. The smallest absolute Gasteiger partial charge is 0.338 e. The maximum Gasteiger partial charge on any atom is 0.338 e. The normalized spacial score (nSPS) is 11.1. The Balaban J connectivity index is 2.86. The highest BCUT2D eigenvalue weighted by Gasteiger charge is 2.17. The van der Waals surface area contributed by atoms with E-state index in [1.165, 1.54) is 7.11 Å². The molecule has 100 valence electrons. The summed E-state index contributed by atoms with van der Waals surface area (Å²) >= 11 is 10.3. The first-order chi connectivity index (χ1) is 8.93. The molecule has 0 saturated carbocycles. The minimum absolute atomic E-state index is 0.124. The standard InChI is InChI=1S/C13H10Br3NO2/c1-6-3-7-8(13(18)19-2)5-10(12(15)16)17-11(7)9(14)4-6/h3-5,12H,1-2H3. The van der Waals surface area contributed by atoms with Gasteiger partial charge in [-0.2, -0.15) is 0 Å². The van der Waals surface area contributed by atoms with E-state index in [9.17, 15) is 4.79 Å². The SMILES string of the molecule is COC(=O)c1cc(C(Br)Br)nc2c(Br)cc(C)cc12. The minimum Gasteiger partial charge on any atom is -0.465 e. The first kappa shape index (κ1) is 14.9. The fraction of sp³-hybridized carbons (Fsp3) is 0.231. The van der Waals surface area contributed by atoms with Crippen LogP contribution in [0.4, 0.5) is 0 Å². The monoisotopic (exact) mass is 449 g/mol. The molecule has 1 aromatic carbocycles. The maximum atomic E-state index is 11.9. The number of ether oxygens (including phenoxy) is 1. The summed E-state index contributed by atoms with van der Waals surface area (Å²) in [6, 6.07) is 5.63. The number of benzene rings is 1. The largest absolute Gasteiger partial charge is 0.465 e. The number of halogens is 3. The Morgan fingerprint density at radius 3 is 2.58 bits per heavy atom. The third kappa shape index (κ3) is 3.01. The molecule has 3 nitrogen and oxygen atoms in total. The van der Waals surface area contributed by atoms with E-state index in [1.807, 2.05) is 19.1 Å². The van der Waals surface area contributed by atoms with Crippen LogP contribution in [0.15, 0.2) is 22.7 Å². The molecule has 2 aromatic rings. The molecule has 0 bridgehead atoms. The fourth-order valence-electron chi connectivity index (χ4n) is 1.83. The number of pyridine rings is 1. The highest BCUT2D eigenvalue weighted by molar-refractivity contribution is 9.24. The first-order valence-corrected chi connectivity index (χ1v) is 8.03. The van der Waals surface area contributed by atoms with Gasteiger partial charge in [0.25, 0.3) is 0 Å². The van der Waals surface area contributed by atoms with E-state index >= 15 is 0 Å². The average Bonchev–Trinajstić information content (AvgIpc) is 2.36. The van der Waals surface area contributed by atoms with Crippen LogP contribution in [-0.4, -0.2) is 18.1 Å². The molecular formula is C13H10Br3NO2. The Bertz CT molecular complexity index is 656. The number of fused-ring (bicyclic) bond motifs is 1. The second-order valence-corrected chi connectivity index (χ2v) is 7.94. The molecule has 19 heavy (non-hydrogen) atoms. The molecule has 0 spiro atoms. The summed E-state index contributed by atoms with van der Waals surface area (Å²) in [5.41, 5.74) is 3.02. The maximum absolute atomic E-state index is 11.9. The molecule has 2 rings (SSSR count). The van der Waals surface area contributed by atoms with Crippen LogP contribution in [-0.2, 0) is 4.74 Å². The van der Waals surface area contributed by atoms with Crippen molar-refractivity contribution in [1.82, 2.24) is 4.98 Å². The zero-order valence-corrected chi connectivity index (χ0v) is 15.0. The topological polar surface area (TPSA) is 39.2 Å². The summed E-state index contributed by atoms with van der Waals surface area (Å²) in [7, 11) is 1.37. The van der Waals surface area contributed by atoms with Gasteiger partial charge in [0.1, 0.15) is 3.74 Å². The number of aromatic nitrogens is 1. The summed E-state index contributed by atoms with van der Waals surface area (Å²) in [6.45, 7) is 1.97. The number of nitrogens with zero attached hydrogens (tertiary/aromatic N) is 1. The summed E-state index contributed by atoms with van der Waals surface area (Å²) in [6.07, 6.45) is 0. The predicted molar refractivity (Wildman–Crippen MR) is 86.1 cm³/mol. The van der Waals surface area contributed by atoms with E-state index < -0.39 is 0 Å². The molecule has 0 radical (unpaired) electrons. The van der Waals surface area contributed by atoms with Gasteiger partial charge in [-0.3, -0.25) is 0 Å². The third-order valence-electron chi connectivity index (χ3n) is 2.66. The van der Waals surface area contributed by atoms with E-state index in [0.29, 0.717) is 5.56 Å². The third-order valence-corrected chi connectivity index (χ3v) is 4.20. The molecule has 0 N–H and O–H groups in total. The highest BCUT2D eigenvalue weighted by Crippen LogP contribution is 2.33. The zero-order valence-electron chi connectivity index (χ0n) is 10.2. The molecule has 1 heterocycles. The van der Waals surface area contributed by atoms with Gasteiger partial charge in [-0.1, -0.05) is 31.9 Å².